The van der Waals surface area contributed by atoms with Crippen molar-refractivity contribution < 1.29 is 14.6 Å². The summed E-state index contributed by atoms with van der Waals surface area (Å²) in [6.07, 6.45) is 0. The van der Waals surface area contributed by atoms with Crippen LogP contribution in [0.4, 0.5) is 0 Å². The van der Waals surface area contributed by atoms with Gasteiger partial charge in [0.25, 0.3) is 0 Å². The highest BCUT2D eigenvalue weighted by atomic mass is 16.6. The van der Waals surface area contributed by atoms with Gasteiger partial charge >= 0.3 is 5.97 Å². The molecule has 0 rings (SSSR count). The van der Waals surface area contributed by atoms with E-state index in [1.54, 1.807) is 34.6 Å². The lowest BCUT2D eigenvalue weighted by molar-refractivity contribution is -0.196. The quantitative estimate of drug-likeness (QED) is 0.734. The lowest BCUT2D eigenvalue weighted by Gasteiger charge is -2.42. The van der Waals surface area contributed by atoms with Crippen molar-refractivity contribution in [1.82, 2.24) is 0 Å². The molecule has 0 fully saturated rings. The number of rotatable bonds is 4. The summed E-state index contributed by atoms with van der Waals surface area (Å²) in [4.78, 5) is 11.5. The Hall–Kier alpha value is -0.570. The number of hydrogen-bond acceptors (Lipinski definition) is 3. The second-order valence-corrected chi connectivity index (χ2v) is 5.39. The average Bonchev–Trinajstić information content (AvgIpc) is 2.02. The molecule has 0 amide bonds. The van der Waals surface area contributed by atoms with Crippen molar-refractivity contribution in [2.24, 2.45) is 11.8 Å². The standard InChI is InChI=1S/C12H24O3/c1-8(2)10(13)15-11(5,6)12(7,14)9(3)4/h8-9,14H,1-7H3. The van der Waals surface area contributed by atoms with Crippen LogP contribution in [0.15, 0.2) is 0 Å². The normalized spacial score (nSPS) is 16.7. The van der Waals surface area contributed by atoms with Gasteiger partial charge in [0.2, 0.25) is 0 Å². The third kappa shape index (κ3) is 3.20. The highest BCUT2D eigenvalue weighted by Crippen LogP contribution is 2.32. The molecule has 0 aromatic heterocycles. The maximum absolute atomic E-state index is 11.5. The molecule has 1 N–H and O–H groups in total. The topological polar surface area (TPSA) is 46.5 Å². The molecule has 0 bridgehead atoms. The highest BCUT2D eigenvalue weighted by Gasteiger charge is 2.45. The van der Waals surface area contributed by atoms with Gasteiger partial charge in [0.05, 0.1) is 5.92 Å². The van der Waals surface area contributed by atoms with Crippen LogP contribution in [0, 0.1) is 11.8 Å². The summed E-state index contributed by atoms with van der Waals surface area (Å²) < 4.78 is 5.34. The van der Waals surface area contributed by atoms with Gasteiger partial charge in [0, 0.05) is 0 Å². The summed E-state index contributed by atoms with van der Waals surface area (Å²) in [6.45, 7) is 12.6. The number of esters is 1. The molecule has 3 nitrogen and oxygen atoms in total. The maximum atomic E-state index is 11.5. The number of ether oxygens (including phenoxy) is 1. The van der Waals surface area contributed by atoms with Crippen molar-refractivity contribution in [2.75, 3.05) is 0 Å². The van der Waals surface area contributed by atoms with Gasteiger partial charge in [-0.25, -0.2) is 0 Å². The van der Waals surface area contributed by atoms with Gasteiger partial charge in [-0.1, -0.05) is 27.7 Å². The van der Waals surface area contributed by atoms with Crippen LogP contribution in [-0.4, -0.2) is 22.3 Å². The first-order valence-electron chi connectivity index (χ1n) is 5.47. The molecule has 0 radical (unpaired) electrons. The van der Waals surface area contributed by atoms with E-state index in [2.05, 4.69) is 0 Å². The van der Waals surface area contributed by atoms with E-state index in [-0.39, 0.29) is 17.8 Å². The predicted molar refractivity (Wildman–Crippen MR) is 60.5 cm³/mol. The molecule has 0 saturated heterocycles. The zero-order valence-corrected chi connectivity index (χ0v) is 10.9. The van der Waals surface area contributed by atoms with Crippen molar-refractivity contribution in [3.05, 3.63) is 0 Å². The molecule has 0 heterocycles. The molecule has 0 aliphatic carbocycles. The SMILES string of the molecule is CC(C)C(=O)OC(C)(C)C(C)(O)C(C)C. The van der Waals surface area contributed by atoms with Gasteiger partial charge in [-0.15, -0.1) is 0 Å². The Kier molecular flexibility index (Phi) is 4.35. The zero-order chi connectivity index (χ0) is 12.4. The predicted octanol–water partition coefficient (Wildman–Crippen LogP) is 2.37. The van der Waals surface area contributed by atoms with Crippen molar-refractivity contribution in [2.45, 2.75) is 59.7 Å². The van der Waals surface area contributed by atoms with Crippen LogP contribution in [0.5, 0.6) is 0 Å². The average molecular weight is 216 g/mol. The summed E-state index contributed by atoms with van der Waals surface area (Å²) in [5, 5.41) is 10.3. The van der Waals surface area contributed by atoms with Crippen molar-refractivity contribution >= 4 is 5.97 Å². The van der Waals surface area contributed by atoms with Gasteiger partial charge in [-0.2, -0.15) is 0 Å². The fourth-order valence-corrected chi connectivity index (χ4v) is 1.17. The molecule has 1 atom stereocenters. The Morgan fingerprint density at radius 1 is 1.13 bits per heavy atom. The Morgan fingerprint density at radius 3 is 1.80 bits per heavy atom. The van der Waals surface area contributed by atoms with E-state index < -0.39 is 11.2 Å². The minimum absolute atomic E-state index is 0.0208. The van der Waals surface area contributed by atoms with E-state index in [0.717, 1.165) is 0 Å². The molecule has 90 valence electrons. The number of carbonyl (C=O) groups excluding carboxylic acids is 1. The zero-order valence-electron chi connectivity index (χ0n) is 10.9. The third-order valence-electron chi connectivity index (χ3n) is 3.17. The smallest absolute Gasteiger partial charge is 0.309 e. The van der Waals surface area contributed by atoms with Gasteiger partial charge in [-0.3, -0.25) is 4.79 Å². The van der Waals surface area contributed by atoms with E-state index >= 15 is 0 Å². The maximum Gasteiger partial charge on any atom is 0.309 e. The van der Waals surface area contributed by atoms with Gasteiger partial charge < -0.3 is 9.84 Å². The molecule has 0 saturated carbocycles. The van der Waals surface area contributed by atoms with Crippen molar-refractivity contribution in [3.8, 4) is 0 Å². The minimum atomic E-state index is -1.03. The van der Waals surface area contributed by atoms with Crippen LogP contribution >= 0.6 is 0 Å². The lowest BCUT2D eigenvalue weighted by atomic mass is 9.78. The van der Waals surface area contributed by atoms with Crippen molar-refractivity contribution in [1.29, 1.82) is 0 Å². The Morgan fingerprint density at radius 2 is 1.53 bits per heavy atom. The molecular weight excluding hydrogens is 192 g/mol. The van der Waals surface area contributed by atoms with Crippen LogP contribution in [-0.2, 0) is 9.53 Å². The fraction of sp³-hybridized carbons (Fsp3) is 0.917. The van der Waals surface area contributed by atoms with E-state index in [1.165, 1.54) is 0 Å². The van der Waals surface area contributed by atoms with Crippen LogP contribution in [0.1, 0.15) is 48.5 Å². The molecule has 15 heavy (non-hydrogen) atoms. The Balaban J connectivity index is 4.76. The lowest BCUT2D eigenvalue weighted by Crippen LogP contribution is -2.54. The van der Waals surface area contributed by atoms with E-state index in [1.807, 2.05) is 13.8 Å². The first-order chi connectivity index (χ1) is 6.52. The van der Waals surface area contributed by atoms with E-state index in [0.29, 0.717) is 0 Å². The second kappa shape index (κ2) is 4.52. The largest absolute Gasteiger partial charge is 0.456 e. The van der Waals surface area contributed by atoms with Crippen LogP contribution in [0.3, 0.4) is 0 Å². The fourth-order valence-electron chi connectivity index (χ4n) is 1.17. The van der Waals surface area contributed by atoms with Gasteiger partial charge in [0.1, 0.15) is 11.2 Å². The van der Waals surface area contributed by atoms with E-state index in [4.69, 9.17) is 4.74 Å². The van der Waals surface area contributed by atoms with Crippen LogP contribution < -0.4 is 0 Å². The first kappa shape index (κ1) is 14.4. The summed E-state index contributed by atoms with van der Waals surface area (Å²) in [6, 6.07) is 0. The molecule has 0 aliphatic heterocycles. The van der Waals surface area contributed by atoms with Crippen LogP contribution in [0.2, 0.25) is 0 Å². The molecule has 0 aromatic carbocycles. The summed E-state index contributed by atoms with van der Waals surface area (Å²) >= 11 is 0. The number of hydrogen-bond donors (Lipinski definition) is 1. The van der Waals surface area contributed by atoms with Gasteiger partial charge in [-0.05, 0) is 26.7 Å². The van der Waals surface area contributed by atoms with Crippen molar-refractivity contribution in [3.63, 3.8) is 0 Å². The van der Waals surface area contributed by atoms with E-state index in [9.17, 15) is 9.90 Å². The number of carbonyl (C=O) groups is 1. The Bertz CT molecular complexity index is 227. The summed E-state index contributed by atoms with van der Waals surface area (Å²) in [5.74, 6) is -0.430. The van der Waals surface area contributed by atoms with Crippen LogP contribution in [0.25, 0.3) is 0 Å². The highest BCUT2D eigenvalue weighted by molar-refractivity contribution is 5.72. The Labute approximate surface area is 92.8 Å². The molecule has 1 unspecified atom stereocenters. The minimum Gasteiger partial charge on any atom is -0.456 e. The molecular formula is C12H24O3. The molecule has 0 aromatic rings. The molecule has 0 aliphatic rings. The summed E-state index contributed by atoms with van der Waals surface area (Å²) in [5.41, 5.74) is -1.90. The molecule has 3 heteroatoms. The monoisotopic (exact) mass is 216 g/mol. The first-order valence-corrected chi connectivity index (χ1v) is 5.47. The number of aliphatic hydroxyl groups is 1. The third-order valence-corrected chi connectivity index (χ3v) is 3.17. The summed E-state index contributed by atoms with van der Waals surface area (Å²) in [7, 11) is 0. The van der Waals surface area contributed by atoms with Gasteiger partial charge in [0.15, 0.2) is 0 Å². The molecule has 0 spiro atoms. The second-order valence-electron chi connectivity index (χ2n) is 5.39.